The zero-order valence-corrected chi connectivity index (χ0v) is 15.1. The number of aliphatic hydroxyl groups excluding tert-OH is 1. The molecule has 5 heteroatoms. The highest BCUT2D eigenvalue weighted by atomic mass is 32.2. The maximum Gasteiger partial charge on any atom is 0.296 e. The molecule has 23 heavy (non-hydrogen) atoms. The molecule has 0 amide bonds. The van der Waals surface area contributed by atoms with E-state index in [1.54, 1.807) is 24.3 Å². The summed E-state index contributed by atoms with van der Waals surface area (Å²) in [6.45, 7) is 8.44. The molecule has 0 spiro atoms. The first-order chi connectivity index (χ1) is 10.5. The Labute approximate surface area is 139 Å². The quantitative estimate of drug-likeness (QED) is 0.856. The summed E-state index contributed by atoms with van der Waals surface area (Å²) in [4.78, 5) is 0.191. The molecule has 0 unspecified atom stereocenters. The van der Waals surface area contributed by atoms with Crippen LogP contribution in [-0.4, -0.2) is 26.2 Å². The third-order valence-corrected chi connectivity index (χ3v) is 8.27. The fourth-order valence-electron chi connectivity index (χ4n) is 4.54. The van der Waals surface area contributed by atoms with Crippen molar-refractivity contribution in [2.45, 2.75) is 58.0 Å². The summed E-state index contributed by atoms with van der Waals surface area (Å²) in [6, 6.07) is 6.69. The van der Waals surface area contributed by atoms with Crippen LogP contribution < -0.4 is 0 Å². The molecule has 0 radical (unpaired) electrons. The van der Waals surface area contributed by atoms with Crippen LogP contribution in [0.25, 0.3) is 0 Å². The van der Waals surface area contributed by atoms with Gasteiger partial charge in [-0.2, -0.15) is 8.42 Å². The Morgan fingerprint density at radius 1 is 1.17 bits per heavy atom. The molecule has 0 aliphatic heterocycles. The van der Waals surface area contributed by atoms with Crippen molar-refractivity contribution < 1.29 is 17.7 Å². The lowest BCUT2D eigenvalue weighted by atomic mass is 9.65. The summed E-state index contributed by atoms with van der Waals surface area (Å²) in [5.41, 5.74) is 0.416. The Morgan fingerprint density at radius 2 is 1.78 bits per heavy atom. The van der Waals surface area contributed by atoms with Gasteiger partial charge in [0.25, 0.3) is 10.1 Å². The average molecular weight is 338 g/mol. The van der Waals surface area contributed by atoms with E-state index in [9.17, 15) is 13.5 Å². The monoisotopic (exact) mass is 338 g/mol. The molecule has 1 aromatic rings. The summed E-state index contributed by atoms with van der Waals surface area (Å²) in [6.07, 6.45) is 2.03. The smallest absolute Gasteiger partial charge is 0.296 e. The van der Waals surface area contributed by atoms with E-state index in [1.165, 1.54) is 0 Å². The number of aryl methyl sites for hydroxylation is 1. The van der Waals surface area contributed by atoms with Crippen molar-refractivity contribution in [1.82, 2.24) is 0 Å². The van der Waals surface area contributed by atoms with Gasteiger partial charge >= 0.3 is 0 Å². The molecule has 3 atom stereocenters. The average Bonchev–Trinajstić information content (AvgIpc) is 2.76. The molecule has 4 nitrogen and oxygen atoms in total. The first kappa shape index (κ1) is 16.9. The molecule has 0 heterocycles. The van der Waals surface area contributed by atoms with Crippen molar-refractivity contribution in [3.63, 3.8) is 0 Å². The minimum Gasteiger partial charge on any atom is -0.393 e. The first-order valence-electron chi connectivity index (χ1n) is 8.18. The Hall–Kier alpha value is -0.910. The van der Waals surface area contributed by atoms with Gasteiger partial charge in [0.05, 0.1) is 17.6 Å². The Bertz CT molecular complexity index is 707. The molecule has 1 aromatic carbocycles. The Kier molecular flexibility index (Phi) is 3.71. The van der Waals surface area contributed by atoms with Crippen LogP contribution >= 0.6 is 0 Å². The lowest BCUT2D eigenvalue weighted by Gasteiger charge is -2.40. The molecule has 3 rings (SSSR count). The van der Waals surface area contributed by atoms with Crippen LogP contribution in [0.2, 0.25) is 0 Å². The van der Waals surface area contributed by atoms with Gasteiger partial charge in [0.1, 0.15) is 0 Å². The van der Waals surface area contributed by atoms with E-state index in [0.29, 0.717) is 6.42 Å². The molecule has 2 fully saturated rings. The van der Waals surface area contributed by atoms with E-state index in [-0.39, 0.29) is 27.7 Å². The van der Waals surface area contributed by atoms with Crippen molar-refractivity contribution in [3.05, 3.63) is 29.8 Å². The lowest BCUT2D eigenvalue weighted by molar-refractivity contribution is 0.00884. The summed E-state index contributed by atoms with van der Waals surface area (Å²) in [7, 11) is -3.76. The zero-order chi connectivity index (χ0) is 17.1. The van der Waals surface area contributed by atoms with E-state index < -0.39 is 16.2 Å². The molecular weight excluding hydrogens is 312 g/mol. The predicted molar refractivity (Wildman–Crippen MR) is 88.5 cm³/mol. The van der Waals surface area contributed by atoms with Crippen LogP contribution in [0.15, 0.2) is 29.2 Å². The SMILES string of the molecule is Cc1ccc(S(=O)(=O)OC[C@@]23CC[C@](C)([C@@H](O)C2)C3(C)C)cc1. The summed E-state index contributed by atoms with van der Waals surface area (Å²) in [5, 5.41) is 10.5. The second-order valence-corrected chi connectivity index (χ2v) is 9.69. The van der Waals surface area contributed by atoms with Crippen LogP contribution in [0.5, 0.6) is 0 Å². The lowest BCUT2D eigenvalue weighted by Crippen LogP contribution is -2.39. The minimum atomic E-state index is -3.76. The molecule has 2 bridgehead atoms. The van der Waals surface area contributed by atoms with Crippen molar-refractivity contribution in [2.24, 2.45) is 16.2 Å². The van der Waals surface area contributed by atoms with Gasteiger partial charge in [-0.1, -0.05) is 38.5 Å². The van der Waals surface area contributed by atoms with Crippen molar-refractivity contribution >= 4 is 10.1 Å². The Balaban J connectivity index is 1.82. The van der Waals surface area contributed by atoms with Gasteiger partial charge in [0.2, 0.25) is 0 Å². The van der Waals surface area contributed by atoms with Gasteiger partial charge in [-0.3, -0.25) is 4.18 Å². The zero-order valence-electron chi connectivity index (χ0n) is 14.3. The number of hydrogen-bond acceptors (Lipinski definition) is 4. The van der Waals surface area contributed by atoms with Crippen molar-refractivity contribution in [3.8, 4) is 0 Å². The third-order valence-electron chi connectivity index (χ3n) is 7.00. The van der Waals surface area contributed by atoms with E-state index in [1.807, 2.05) is 6.92 Å². The number of rotatable bonds is 4. The Morgan fingerprint density at radius 3 is 2.26 bits per heavy atom. The fourth-order valence-corrected chi connectivity index (χ4v) is 5.53. The van der Waals surface area contributed by atoms with Crippen molar-refractivity contribution in [1.29, 1.82) is 0 Å². The second-order valence-electron chi connectivity index (χ2n) is 8.07. The number of benzene rings is 1. The van der Waals surface area contributed by atoms with E-state index in [4.69, 9.17) is 4.18 Å². The van der Waals surface area contributed by atoms with Gasteiger partial charge in [-0.25, -0.2) is 0 Å². The van der Waals surface area contributed by atoms with Gasteiger partial charge in [0.15, 0.2) is 0 Å². The summed E-state index contributed by atoms with van der Waals surface area (Å²) >= 11 is 0. The maximum absolute atomic E-state index is 12.5. The van der Waals surface area contributed by atoms with Crippen molar-refractivity contribution in [2.75, 3.05) is 6.61 Å². The first-order valence-corrected chi connectivity index (χ1v) is 9.59. The molecule has 2 aliphatic carbocycles. The normalized spacial score (nSPS) is 35.6. The molecular formula is C18H26O4S. The van der Waals surface area contributed by atoms with Gasteiger partial charge < -0.3 is 5.11 Å². The van der Waals surface area contributed by atoms with Crippen LogP contribution in [0.1, 0.15) is 45.6 Å². The highest BCUT2D eigenvalue weighted by molar-refractivity contribution is 7.86. The number of fused-ring (bicyclic) bond motifs is 2. The molecule has 0 saturated heterocycles. The van der Waals surface area contributed by atoms with Crippen LogP contribution in [0, 0.1) is 23.2 Å². The van der Waals surface area contributed by atoms with Gasteiger partial charge in [-0.05, 0) is 49.1 Å². The summed E-state index contributed by atoms with van der Waals surface area (Å²) in [5.74, 6) is 0. The topological polar surface area (TPSA) is 63.6 Å². The van der Waals surface area contributed by atoms with Crippen LogP contribution in [0.3, 0.4) is 0 Å². The molecule has 2 saturated carbocycles. The maximum atomic E-state index is 12.5. The van der Waals surface area contributed by atoms with Gasteiger partial charge in [-0.15, -0.1) is 0 Å². The third kappa shape index (κ3) is 2.28. The molecule has 128 valence electrons. The largest absolute Gasteiger partial charge is 0.393 e. The molecule has 2 aliphatic rings. The highest BCUT2D eigenvalue weighted by Crippen LogP contribution is 2.72. The second kappa shape index (κ2) is 5.04. The van der Waals surface area contributed by atoms with E-state index in [0.717, 1.165) is 18.4 Å². The number of hydrogen-bond donors (Lipinski definition) is 1. The summed E-state index contributed by atoms with van der Waals surface area (Å²) < 4.78 is 30.4. The van der Waals surface area contributed by atoms with E-state index in [2.05, 4.69) is 20.8 Å². The predicted octanol–water partition coefficient (Wildman–Crippen LogP) is 3.28. The van der Waals surface area contributed by atoms with Crippen LogP contribution in [-0.2, 0) is 14.3 Å². The highest BCUT2D eigenvalue weighted by Gasteiger charge is 2.69. The molecule has 1 N–H and O–H groups in total. The fraction of sp³-hybridized carbons (Fsp3) is 0.667. The van der Waals surface area contributed by atoms with Gasteiger partial charge in [0, 0.05) is 5.41 Å². The van der Waals surface area contributed by atoms with Crippen LogP contribution in [0.4, 0.5) is 0 Å². The standard InChI is InChI=1S/C18H26O4S/c1-13-5-7-14(8-6-13)23(20,21)22-12-18-10-9-17(4,15(19)11-18)16(18,2)3/h5-8,15,19H,9-12H2,1-4H3/t15-,17+,18+/m0/s1. The molecule has 0 aromatic heterocycles. The minimum absolute atomic E-state index is 0.142. The van der Waals surface area contributed by atoms with E-state index >= 15 is 0 Å². The number of aliphatic hydroxyl groups is 1.